The van der Waals surface area contributed by atoms with Crippen molar-refractivity contribution in [2.24, 2.45) is 17.8 Å². The minimum atomic E-state index is -0.478. The number of thioether (sulfide) groups is 1. The molecule has 0 spiro atoms. The van der Waals surface area contributed by atoms with E-state index in [0.29, 0.717) is 11.8 Å². The van der Waals surface area contributed by atoms with Crippen LogP contribution in [0.2, 0.25) is 0 Å². The molecule has 5 heteroatoms. The van der Waals surface area contributed by atoms with E-state index in [1.807, 2.05) is 20.8 Å². The lowest BCUT2D eigenvalue weighted by molar-refractivity contribution is -0.160. The molecule has 0 saturated heterocycles. The molecule has 0 radical (unpaired) electrons. The van der Waals surface area contributed by atoms with Crippen LogP contribution in [-0.2, 0) is 19.0 Å². The zero-order valence-electron chi connectivity index (χ0n) is 13.8. The first kappa shape index (κ1) is 16.7. The monoisotopic (exact) mass is 314 g/mol. The topological polar surface area (TPSA) is 44.8 Å². The third kappa shape index (κ3) is 3.09. The molecule has 0 aliphatic heterocycles. The zero-order chi connectivity index (χ0) is 15.8. The Morgan fingerprint density at radius 3 is 2.57 bits per heavy atom. The molecule has 120 valence electrons. The molecule has 1 saturated carbocycles. The van der Waals surface area contributed by atoms with E-state index in [-0.39, 0.29) is 17.5 Å². The van der Waals surface area contributed by atoms with Crippen LogP contribution >= 0.6 is 11.8 Å². The molecule has 0 heterocycles. The van der Waals surface area contributed by atoms with Gasteiger partial charge in [-0.15, -0.1) is 0 Å². The van der Waals surface area contributed by atoms with E-state index in [1.54, 1.807) is 26.0 Å². The van der Waals surface area contributed by atoms with Gasteiger partial charge in [0.25, 0.3) is 0 Å². The highest BCUT2D eigenvalue weighted by Gasteiger charge is 2.67. The fourth-order valence-corrected chi connectivity index (χ4v) is 4.34. The van der Waals surface area contributed by atoms with Crippen LogP contribution in [0.5, 0.6) is 0 Å². The smallest absolute Gasteiger partial charge is 0.317 e. The van der Waals surface area contributed by atoms with E-state index < -0.39 is 5.60 Å². The molecule has 2 aliphatic carbocycles. The molecule has 0 N–H and O–H groups in total. The van der Waals surface area contributed by atoms with Crippen LogP contribution in [0.15, 0.2) is 11.8 Å². The van der Waals surface area contributed by atoms with Gasteiger partial charge in [-0.2, -0.15) is 11.8 Å². The first-order chi connectivity index (χ1) is 9.79. The normalized spacial score (nSPS) is 34.8. The number of fused-ring (bicyclic) bond motifs is 1. The van der Waals surface area contributed by atoms with Crippen molar-refractivity contribution in [1.82, 2.24) is 0 Å². The quantitative estimate of drug-likeness (QED) is 0.730. The molecule has 0 amide bonds. The van der Waals surface area contributed by atoms with Crippen molar-refractivity contribution in [2.75, 3.05) is 26.2 Å². The predicted octanol–water partition coefficient (Wildman–Crippen LogP) is 2.87. The first-order valence-corrected chi connectivity index (χ1v) is 8.71. The lowest BCUT2D eigenvalue weighted by Gasteiger charge is -2.26. The lowest BCUT2D eigenvalue weighted by atomic mass is 9.93. The number of esters is 1. The minimum Gasteiger partial charge on any atom is -0.501 e. The van der Waals surface area contributed by atoms with Crippen LogP contribution in [0.4, 0.5) is 0 Å². The van der Waals surface area contributed by atoms with Crippen molar-refractivity contribution in [1.29, 1.82) is 0 Å². The number of hydrogen-bond acceptors (Lipinski definition) is 5. The van der Waals surface area contributed by atoms with Crippen molar-refractivity contribution in [2.45, 2.75) is 38.4 Å². The summed E-state index contributed by atoms with van der Waals surface area (Å²) in [5, 5.41) is 0. The Bertz CT molecular complexity index is 440. The third-order valence-corrected chi connectivity index (χ3v) is 5.11. The van der Waals surface area contributed by atoms with Gasteiger partial charge in [0.2, 0.25) is 0 Å². The van der Waals surface area contributed by atoms with Crippen LogP contribution in [0.25, 0.3) is 0 Å². The van der Waals surface area contributed by atoms with Crippen molar-refractivity contribution in [3.8, 4) is 0 Å². The number of carbonyl (C=O) groups is 1. The van der Waals surface area contributed by atoms with Crippen molar-refractivity contribution >= 4 is 17.7 Å². The van der Waals surface area contributed by atoms with E-state index in [0.717, 1.165) is 17.9 Å². The van der Waals surface area contributed by atoms with E-state index in [1.165, 1.54) is 0 Å². The summed E-state index contributed by atoms with van der Waals surface area (Å²) >= 11 is 1.78. The molecular weight excluding hydrogens is 288 g/mol. The Balaban J connectivity index is 2.16. The van der Waals surface area contributed by atoms with Gasteiger partial charge in [0.05, 0.1) is 12.7 Å². The van der Waals surface area contributed by atoms with Crippen LogP contribution < -0.4 is 0 Å². The summed E-state index contributed by atoms with van der Waals surface area (Å²) in [5.41, 5.74) is -0.617. The molecule has 4 atom stereocenters. The molecule has 4 nitrogen and oxygen atoms in total. The molecule has 21 heavy (non-hydrogen) atoms. The number of hydrogen-bond donors (Lipinski definition) is 0. The maximum atomic E-state index is 12.4. The number of ether oxygens (including phenoxy) is 3. The molecule has 0 aromatic carbocycles. The predicted molar refractivity (Wildman–Crippen MR) is 84.1 cm³/mol. The van der Waals surface area contributed by atoms with Gasteiger partial charge in [0.1, 0.15) is 17.3 Å². The lowest BCUT2D eigenvalue weighted by Crippen LogP contribution is -2.31. The highest BCUT2D eigenvalue weighted by atomic mass is 32.2. The van der Waals surface area contributed by atoms with Gasteiger partial charge >= 0.3 is 5.97 Å². The van der Waals surface area contributed by atoms with E-state index in [4.69, 9.17) is 14.2 Å². The van der Waals surface area contributed by atoms with E-state index >= 15 is 0 Å². The van der Waals surface area contributed by atoms with Crippen molar-refractivity contribution in [3.63, 3.8) is 0 Å². The second-order valence-corrected chi connectivity index (χ2v) is 7.69. The summed E-state index contributed by atoms with van der Waals surface area (Å²) < 4.78 is 16.8. The minimum absolute atomic E-state index is 0.139. The molecule has 2 rings (SSSR count). The van der Waals surface area contributed by atoms with Gasteiger partial charge in [0.15, 0.2) is 0 Å². The molecule has 0 bridgehead atoms. The Morgan fingerprint density at radius 1 is 1.43 bits per heavy atom. The van der Waals surface area contributed by atoms with E-state index in [9.17, 15) is 4.79 Å². The summed E-state index contributed by atoms with van der Waals surface area (Å²) in [5.74, 6) is 1.89. The fraction of sp³-hybridized carbons (Fsp3) is 0.812. The second kappa shape index (κ2) is 5.84. The maximum Gasteiger partial charge on any atom is 0.317 e. The van der Waals surface area contributed by atoms with Gasteiger partial charge in [-0.25, -0.2) is 0 Å². The molecular formula is C16H26O4S. The highest BCUT2D eigenvalue weighted by Crippen LogP contribution is 2.61. The summed E-state index contributed by atoms with van der Waals surface area (Å²) in [6.07, 6.45) is 4.90. The van der Waals surface area contributed by atoms with Gasteiger partial charge in [-0.05, 0) is 45.4 Å². The summed E-state index contributed by atoms with van der Waals surface area (Å²) in [6.45, 7) is 5.66. The van der Waals surface area contributed by atoms with E-state index in [2.05, 4.69) is 12.3 Å². The summed E-state index contributed by atoms with van der Waals surface area (Å²) in [7, 11) is 3.38. The third-order valence-electron chi connectivity index (χ3n) is 4.37. The zero-order valence-corrected chi connectivity index (χ0v) is 14.6. The van der Waals surface area contributed by atoms with Gasteiger partial charge in [-0.1, -0.05) is 0 Å². The largest absolute Gasteiger partial charge is 0.501 e. The number of methoxy groups -OCH3 is 2. The van der Waals surface area contributed by atoms with Crippen LogP contribution in [0.3, 0.4) is 0 Å². The first-order valence-electron chi connectivity index (χ1n) is 7.31. The van der Waals surface area contributed by atoms with Gasteiger partial charge < -0.3 is 14.2 Å². The highest BCUT2D eigenvalue weighted by molar-refractivity contribution is 7.98. The van der Waals surface area contributed by atoms with Crippen molar-refractivity contribution < 1.29 is 19.0 Å². The standard InChI is InChI=1S/C16H26O4S/c1-15(2,3)20-14(17)10-7-11-12(8-13(10)18-4)16(11,19-5)9-21-6/h8,10-12H,7,9H2,1-6H3/t10-,11-,12+,16-/m0/s1. The second-order valence-electron chi connectivity index (χ2n) is 6.82. The summed E-state index contributed by atoms with van der Waals surface area (Å²) in [4.78, 5) is 12.4. The average Bonchev–Trinajstić information content (AvgIpc) is 3.03. The Kier molecular flexibility index (Phi) is 4.64. The van der Waals surface area contributed by atoms with Gasteiger partial charge in [-0.3, -0.25) is 4.79 Å². The van der Waals surface area contributed by atoms with Gasteiger partial charge in [0, 0.05) is 18.8 Å². The molecule has 1 fully saturated rings. The van der Waals surface area contributed by atoms with Crippen LogP contribution in [0, 0.1) is 17.8 Å². The Morgan fingerprint density at radius 2 is 2.10 bits per heavy atom. The number of rotatable bonds is 5. The fourth-order valence-electron chi connectivity index (χ4n) is 3.36. The van der Waals surface area contributed by atoms with Crippen LogP contribution in [-0.4, -0.2) is 43.4 Å². The molecule has 0 aromatic rings. The maximum absolute atomic E-state index is 12.4. The molecule has 2 aliphatic rings. The Hall–Kier alpha value is -0.680. The van der Waals surface area contributed by atoms with Crippen molar-refractivity contribution in [3.05, 3.63) is 11.8 Å². The molecule has 0 unspecified atom stereocenters. The Labute approximate surface area is 131 Å². The molecule has 0 aromatic heterocycles. The van der Waals surface area contributed by atoms with Crippen LogP contribution in [0.1, 0.15) is 27.2 Å². The summed E-state index contributed by atoms with van der Waals surface area (Å²) in [6, 6.07) is 0. The average molecular weight is 314 g/mol. The number of carbonyl (C=O) groups excluding carboxylic acids is 1. The SMILES string of the molecule is COC1=C[C@@H]2[C@H](C[C@@H]1C(=O)OC(C)(C)C)[C@]2(CSC)OC.